The fraction of sp³-hybridized carbons (Fsp3) is 0.115. The van der Waals surface area contributed by atoms with Crippen LogP contribution in [0.15, 0.2) is 88.3 Å². The van der Waals surface area contributed by atoms with Gasteiger partial charge in [0, 0.05) is 16.3 Å². The summed E-state index contributed by atoms with van der Waals surface area (Å²) in [6.07, 6.45) is 1.82. The molecule has 0 radical (unpaired) electrons. The molecule has 4 rings (SSSR count). The molecular formula is C26H22BrNO3. The molecular weight excluding hydrogens is 454 g/mol. The third-order valence-electron chi connectivity index (χ3n) is 5.19. The van der Waals surface area contributed by atoms with E-state index in [2.05, 4.69) is 15.9 Å². The van der Waals surface area contributed by atoms with Crippen molar-refractivity contribution in [1.29, 1.82) is 0 Å². The summed E-state index contributed by atoms with van der Waals surface area (Å²) in [7, 11) is 3.28. The molecule has 156 valence electrons. The van der Waals surface area contributed by atoms with E-state index in [4.69, 9.17) is 14.5 Å². The van der Waals surface area contributed by atoms with E-state index >= 15 is 0 Å². The van der Waals surface area contributed by atoms with Crippen LogP contribution in [0.3, 0.4) is 0 Å². The molecule has 0 aliphatic heterocycles. The van der Waals surface area contributed by atoms with E-state index in [0.29, 0.717) is 0 Å². The summed E-state index contributed by atoms with van der Waals surface area (Å²) in [6, 6.07) is 24.7. The van der Waals surface area contributed by atoms with Gasteiger partial charge in [-0.25, -0.2) is 0 Å². The van der Waals surface area contributed by atoms with Gasteiger partial charge in [0.15, 0.2) is 0 Å². The third kappa shape index (κ3) is 4.57. The van der Waals surface area contributed by atoms with Gasteiger partial charge in [-0.05, 0) is 76.5 Å². The standard InChI is InChI=1S/C26H22BrNO3/c1-30-21-9-3-17(4-10-21)16-28-26(18-5-11-22(31-2)12-6-18)25-23-13-8-20(27)15-19(23)7-14-24(25)29/h3-16,26,29H,1-2H3. The minimum atomic E-state index is -0.391. The zero-order valence-electron chi connectivity index (χ0n) is 17.2. The van der Waals surface area contributed by atoms with Gasteiger partial charge in [-0.1, -0.05) is 40.2 Å². The summed E-state index contributed by atoms with van der Waals surface area (Å²) < 4.78 is 11.5. The van der Waals surface area contributed by atoms with E-state index in [1.54, 1.807) is 20.3 Å². The lowest BCUT2D eigenvalue weighted by Crippen LogP contribution is -2.01. The van der Waals surface area contributed by atoms with Crippen LogP contribution in [0.25, 0.3) is 10.8 Å². The second kappa shape index (κ2) is 9.23. The van der Waals surface area contributed by atoms with Crippen molar-refractivity contribution in [2.24, 2.45) is 4.99 Å². The highest BCUT2D eigenvalue weighted by Gasteiger charge is 2.20. The summed E-state index contributed by atoms with van der Waals surface area (Å²) in [5, 5.41) is 12.8. The second-order valence-electron chi connectivity index (χ2n) is 7.09. The monoisotopic (exact) mass is 475 g/mol. The summed E-state index contributed by atoms with van der Waals surface area (Å²) in [4.78, 5) is 4.90. The number of fused-ring (bicyclic) bond motifs is 1. The highest BCUT2D eigenvalue weighted by atomic mass is 79.9. The summed E-state index contributed by atoms with van der Waals surface area (Å²) >= 11 is 3.53. The van der Waals surface area contributed by atoms with Crippen LogP contribution in [0.4, 0.5) is 0 Å². The molecule has 4 nitrogen and oxygen atoms in total. The molecule has 0 amide bonds. The number of hydrogen-bond donors (Lipinski definition) is 1. The molecule has 5 heteroatoms. The number of benzene rings is 4. The summed E-state index contributed by atoms with van der Waals surface area (Å²) in [6.45, 7) is 0. The molecule has 0 saturated carbocycles. The number of rotatable bonds is 6. The van der Waals surface area contributed by atoms with Crippen molar-refractivity contribution in [2.45, 2.75) is 6.04 Å². The first-order valence-corrected chi connectivity index (χ1v) is 10.6. The Labute approximate surface area is 189 Å². The fourth-order valence-electron chi connectivity index (χ4n) is 3.56. The van der Waals surface area contributed by atoms with Crippen molar-refractivity contribution in [3.63, 3.8) is 0 Å². The molecule has 4 aromatic rings. The Balaban J connectivity index is 1.85. The number of aromatic hydroxyl groups is 1. The molecule has 0 aliphatic carbocycles. The normalized spacial score (nSPS) is 12.2. The van der Waals surface area contributed by atoms with Crippen molar-refractivity contribution < 1.29 is 14.6 Å². The minimum absolute atomic E-state index is 0.211. The highest BCUT2D eigenvalue weighted by Crippen LogP contribution is 2.39. The van der Waals surface area contributed by atoms with E-state index in [-0.39, 0.29) is 5.75 Å². The van der Waals surface area contributed by atoms with Gasteiger partial charge in [-0.15, -0.1) is 0 Å². The molecule has 4 aromatic carbocycles. The Hall–Kier alpha value is -3.31. The Kier molecular flexibility index (Phi) is 6.23. The van der Waals surface area contributed by atoms with Crippen molar-refractivity contribution in [1.82, 2.24) is 0 Å². The number of halogens is 1. The first-order chi connectivity index (χ1) is 15.1. The number of nitrogens with zero attached hydrogens (tertiary/aromatic N) is 1. The molecule has 1 atom stereocenters. The third-order valence-corrected chi connectivity index (χ3v) is 5.69. The van der Waals surface area contributed by atoms with Gasteiger partial charge < -0.3 is 14.6 Å². The van der Waals surface area contributed by atoms with Crippen LogP contribution in [0.1, 0.15) is 22.7 Å². The van der Waals surface area contributed by atoms with Gasteiger partial charge in [0.1, 0.15) is 23.3 Å². The van der Waals surface area contributed by atoms with Crippen LogP contribution in [0, 0.1) is 0 Å². The van der Waals surface area contributed by atoms with Crippen LogP contribution in [-0.4, -0.2) is 25.5 Å². The number of methoxy groups -OCH3 is 2. The minimum Gasteiger partial charge on any atom is -0.508 e. The number of aliphatic imine (C=N–C) groups is 1. The first kappa shape index (κ1) is 20.9. The molecule has 0 fully saturated rings. The average molecular weight is 476 g/mol. The lowest BCUT2D eigenvalue weighted by molar-refractivity contribution is 0.414. The maximum Gasteiger partial charge on any atom is 0.121 e. The van der Waals surface area contributed by atoms with Crippen LogP contribution >= 0.6 is 15.9 Å². The van der Waals surface area contributed by atoms with Gasteiger partial charge >= 0.3 is 0 Å². The smallest absolute Gasteiger partial charge is 0.121 e. The SMILES string of the molecule is COc1ccc(C=NC(c2ccc(OC)cc2)c2c(O)ccc3cc(Br)ccc23)cc1. The first-order valence-electron chi connectivity index (χ1n) is 9.81. The Morgan fingerprint density at radius 2 is 1.48 bits per heavy atom. The van der Waals surface area contributed by atoms with Crippen molar-refractivity contribution in [3.05, 3.63) is 100 Å². The van der Waals surface area contributed by atoms with Gasteiger partial charge in [0.25, 0.3) is 0 Å². The molecule has 31 heavy (non-hydrogen) atoms. The Bertz CT molecular complexity index is 1220. The van der Waals surface area contributed by atoms with E-state index in [0.717, 1.165) is 43.4 Å². The summed E-state index contributed by atoms with van der Waals surface area (Å²) in [5.74, 6) is 1.77. The molecule has 1 N–H and O–H groups in total. The topological polar surface area (TPSA) is 51.0 Å². The largest absolute Gasteiger partial charge is 0.508 e. The van der Waals surface area contributed by atoms with Crippen molar-refractivity contribution in [2.75, 3.05) is 14.2 Å². The maximum absolute atomic E-state index is 10.8. The van der Waals surface area contributed by atoms with Gasteiger partial charge in [0.2, 0.25) is 0 Å². The molecule has 0 bridgehead atoms. The number of ether oxygens (including phenoxy) is 2. The Morgan fingerprint density at radius 3 is 2.13 bits per heavy atom. The van der Waals surface area contributed by atoms with Crippen LogP contribution in [-0.2, 0) is 0 Å². The van der Waals surface area contributed by atoms with Crippen molar-refractivity contribution in [3.8, 4) is 17.2 Å². The summed E-state index contributed by atoms with van der Waals surface area (Å²) in [5.41, 5.74) is 2.66. The number of hydrogen-bond acceptors (Lipinski definition) is 4. The fourth-order valence-corrected chi connectivity index (χ4v) is 3.94. The second-order valence-corrected chi connectivity index (χ2v) is 8.01. The Morgan fingerprint density at radius 1 is 0.839 bits per heavy atom. The predicted molar refractivity (Wildman–Crippen MR) is 129 cm³/mol. The molecule has 0 aliphatic rings. The average Bonchev–Trinajstić information content (AvgIpc) is 2.81. The lowest BCUT2D eigenvalue weighted by atomic mass is 9.93. The number of phenols is 1. The lowest BCUT2D eigenvalue weighted by Gasteiger charge is -2.18. The molecule has 1 unspecified atom stereocenters. The molecule has 0 heterocycles. The van der Waals surface area contributed by atoms with Gasteiger partial charge in [-0.2, -0.15) is 0 Å². The molecule has 0 spiro atoms. The van der Waals surface area contributed by atoms with Crippen LogP contribution in [0.5, 0.6) is 17.2 Å². The van der Waals surface area contributed by atoms with E-state index in [1.165, 1.54) is 0 Å². The van der Waals surface area contributed by atoms with Crippen LogP contribution in [0.2, 0.25) is 0 Å². The zero-order valence-corrected chi connectivity index (χ0v) is 18.8. The quantitative estimate of drug-likeness (QED) is 0.322. The maximum atomic E-state index is 10.8. The zero-order chi connectivity index (χ0) is 21.8. The van der Waals surface area contributed by atoms with E-state index in [9.17, 15) is 5.11 Å². The molecule has 0 aromatic heterocycles. The van der Waals surface area contributed by atoms with Gasteiger partial charge in [-0.3, -0.25) is 4.99 Å². The predicted octanol–water partition coefficient (Wildman–Crippen LogP) is 6.53. The molecule has 0 saturated heterocycles. The van der Waals surface area contributed by atoms with Gasteiger partial charge in [0.05, 0.1) is 14.2 Å². The van der Waals surface area contributed by atoms with E-state index in [1.807, 2.05) is 79.0 Å². The van der Waals surface area contributed by atoms with Crippen molar-refractivity contribution >= 4 is 32.9 Å². The number of phenolic OH excluding ortho intramolecular Hbond substituents is 1. The van der Waals surface area contributed by atoms with E-state index < -0.39 is 6.04 Å². The highest BCUT2D eigenvalue weighted by molar-refractivity contribution is 9.10. The van der Waals surface area contributed by atoms with Crippen LogP contribution < -0.4 is 9.47 Å².